The van der Waals surface area contributed by atoms with Gasteiger partial charge in [0.1, 0.15) is 0 Å². The number of aryl methyl sites for hydroxylation is 2. The standard InChI is InChI=1S/C18H23N3/c1-3-5-16-15-10-11-19-12-17(15)21-18(20-16)14-8-6-13(4-2)7-9-14/h6-9,19H,3-5,10-12H2,1-2H3. The van der Waals surface area contributed by atoms with Crippen molar-refractivity contribution in [2.24, 2.45) is 0 Å². The lowest BCUT2D eigenvalue weighted by Crippen LogP contribution is -2.26. The number of rotatable bonds is 4. The second kappa shape index (κ2) is 6.35. The van der Waals surface area contributed by atoms with Gasteiger partial charge in [-0.25, -0.2) is 9.97 Å². The average molecular weight is 281 g/mol. The van der Waals surface area contributed by atoms with Gasteiger partial charge in [-0.1, -0.05) is 44.5 Å². The molecule has 0 fully saturated rings. The van der Waals surface area contributed by atoms with E-state index >= 15 is 0 Å². The molecule has 0 saturated heterocycles. The van der Waals surface area contributed by atoms with Gasteiger partial charge in [0.2, 0.25) is 0 Å². The Balaban J connectivity index is 2.03. The molecule has 0 aliphatic carbocycles. The minimum Gasteiger partial charge on any atom is -0.311 e. The maximum atomic E-state index is 4.86. The molecule has 1 aromatic heterocycles. The monoisotopic (exact) mass is 281 g/mol. The molecule has 0 amide bonds. The van der Waals surface area contributed by atoms with Crippen molar-refractivity contribution in [3.8, 4) is 11.4 Å². The minimum absolute atomic E-state index is 0.870. The summed E-state index contributed by atoms with van der Waals surface area (Å²) in [5.74, 6) is 0.878. The molecule has 1 N–H and O–H groups in total. The SMILES string of the molecule is CCCc1nc(-c2ccc(CC)cc2)nc2c1CCNC2. The maximum Gasteiger partial charge on any atom is 0.159 e. The van der Waals surface area contributed by atoms with Gasteiger partial charge in [-0.05, 0) is 36.9 Å². The van der Waals surface area contributed by atoms with E-state index in [-0.39, 0.29) is 0 Å². The Kier molecular flexibility index (Phi) is 4.30. The van der Waals surface area contributed by atoms with Crippen LogP contribution < -0.4 is 5.32 Å². The van der Waals surface area contributed by atoms with Gasteiger partial charge in [0.25, 0.3) is 0 Å². The van der Waals surface area contributed by atoms with Crippen molar-refractivity contribution in [1.82, 2.24) is 15.3 Å². The highest BCUT2D eigenvalue weighted by molar-refractivity contribution is 5.56. The molecule has 0 radical (unpaired) electrons. The Morgan fingerprint density at radius 3 is 2.62 bits per heavy atom. The lowest BCUT2D eigenvalue weighted by Gasteiger charge is -2.20. The smallest absolute Gasteiger partial charge is 0.159 e. The summed E-state index contributed by atoms with van der Waals surface area (Å²) in [6.45, 7) is 6.30. The van der Waals surface area contributed by atoms with E-state index in [2.05, 4.69) is 43.4 Å². The van der Waals surface area contributed by atoms with E-state index in [4.69, 9.17) is 9.97 Å². The molecule has 2 heterocycles. The van der Waals surface area contributed by atoms with E-state index in [0.717, 1.165) is 50.2 Å². The highest BCUT2D eigenvalue weighted by Gasteiger charge is 2.17. The molecule has 0 spiro atoms. The number of fused-ring (bicyclic) bond motifs is 1. The Labute approximate surface area is 126 Å². The number of nitrogens with one attached hydrogen (secondary N) is 1. The summed E-state index contributed by atoms with van der Waals surface area (Å²) in [6.07, 6.45) is 4.30. The van der Waals surface area contributed by atoms with Crippen molar-refractivity contribution in [3.05, 3.63) is 46.8 Å². The molecule has 3 rings (SSSR count). The molecule has 2 aromatic rings. The third-order valence-electron chi connectivity index (χ3n) is 4.13. The number of hydrogen-bond acceptors (Lipinski definition) is 3. The molecule has 3 heteroatoms. The van der Waals surface area contributed by atoms with Crippen LogP contribution in [0.25, 0.3) is 11.4 Å². The van der Waals surface area contributed by atoms with E-state index in [1.165, 1.54) is 22.5 Å². The molecule has 1 aliphatic heterocycles. The van der Waals surface area contributed by atoms with Crippen LogP contribution in [0.3, 0.4) is 0 Å². The molecule has 3 nitrogen and oxygen atoms in total. The summed E-state index contributed by atoms with van der Waals surface area (Å²) in [4.78, 5) is 9.67. The third kappa shape index (κ3) is 2.98. The lowest BCUT2D eigenvalue weighted by molar-refractivity contribution is 0.614. The molecule has 21 heavy (non-hydrogen) atoms. The van der Waals surface area contributed by atoms with E-state index in [1.54, 1.807) is 0 Å². The molecule has 0 atom stereocenters. The molecular weight excluding hydrogens is 258 g/mol. The molecule has 1 aromatic carbocycles. The van der Waals surface area contributed by atoms with Gasteiger partial charge >= 0.3 is 0 Å². The van der Waals surface area contributed by atoms with Crippen molar-refractivity contribution < 1.29 is 0 Å². The van der Waals surface area contributed by atoms with Crippen LogP contribution in [0, 0.1) is 0 Å². The Morgan fingerprint density at radius 2 is 1.90 bits per heavy atom. The molecule has 110 valence electrons. The van der Waals surface area contributed by atoms with Gasteiger partial charge in [-0.15, -0.1) is 0 Å². The summed E-state index contributed by atoms with van der Waals surface area (Å²) in [5, 5.41) is 3.42. The van der Waals surface area contributed by atoms with Gasteiger partial charge in [0, 0.05) is 17.8 Å². The normalized spacial score (nSPS) is 14.0. The Bertz CT molecular complexity index is 617. The zero-order valence-corrected chi connectivity index (χ0v) is 12.9. The van der Waals surface area contributed by atoms with Crippen LogP contribution in [0.5, 0.6) is 0 Å². The van der Waals surface area contributed by atoms with Crippen LogP contribution in [-0.4, -0.2) is 16.5 Å². The summed E-state index contributed by atoms with van der Waals surface area (Å²) < 4.78 is 0. The second-order valence-electron chi connectivity index (χ2n) is 5.65. The number of nitrogens with zero attached hydrogens (tertiary/aromatic N) is 2. The summed E-state index contributed by atoms with van der Waals surface area (Å²) in [6, 6.07) is 8.64. The minimum atomic E-state index is 0.870. The fourth-order valence-corrected chi connectivity index (χ4v) is 2.90. The fourth-order valence-electron chi connectivity index (χ4n) is 2.90. The highest BCUT2D eigenvalue weighted by atomic mass is 15.0. The van der Waals surface area contributed by atoms with Crippen LogP contribution in [0.15, 0.2) is 24.3 Å². The van der Waals surface area contributed by atoms with Crippen molar-refractivity contribution in [2.45, 2.75) is 46.1 Å². The molecule has 1 aliphatic rings. The first-order valence-electron chi connectivity index (χ1n) is 8.00. The second-order valence-corrected chi connectivity index (χ2v) is 5.65. The lowest BCUT2D eigenvalue weighted by atomic mass is 10.0. The number of benzene rings is 1. The van der Waals surface area contributed by atoms with Gasteiger partial charge in [-0.3, -0.25) is 0 Å². The Hall–Kier alpha value is -1.74. The number of hydrogen-bond donors (Lipinski definition) is 1. The van der Waals surface area contributed by atoms with Crippen LogP contribution in [0.2, 0.25) is 0 Å². The quantitative estimate of drug-likeness (QED) is 0.934. The first-order chi connectivity index (χ1) is 10.3. The summed E-state index contributed by atoms with van der Waals surface area (Å²) in [5.41, 5.74) is 6.29. The zero-order chi connectivity index (χ0) is 14.7. The van der Waals surface area contributed by atoms with Crippen molar-refractivity contribution in [2.75, 3.05) is 6.54 Å². The fraction of sp³-hybridized carbons (Fsp3) is 0.444. The van der Waals surface area contributed by atoms with Crippen LogP contribution in [0.4, 0.5) is 0 Å². The van der Waals surface area contributed by atoms with Crippen molar-refractivity contribution in [3.63, 3.8) is 0 Å². The first-order valence-corrected chi connectivity index (χ1v) is 8.00. The van der Waals surface area contributed by atoms with Crippen LogP contribution in [0.1, 0.15) is 42.8 Å². The van der Waals surface area contributed by atoms with Gasteiger partial charge in [0.15, 0.2) is 5.82 Å². The maximum absolute atomic E-state index is 4.86. The zero-order valence-electron chi connectivity index (χ0n) is 12.9. The summed E-state index contributed by atoms with van der Waals surface area (Å²) >= 11 is 0. The topological polar surface area (TPSA) is 37.8 Å². The van der Waals surface area contributed by atoms with Gasteiger partial charge < -0.3 is 5.32 Å². The highest BCUT2D eigenvalue weighted by Crippen LogP contribution is 2.23. The first kappa shape index (κ1) is 14.2. The van der Waals surface area contributed by atoms with Gasteiger partial charge in [0.05, 0.1) is 5.69 Å². The largest absolute Gasteiger partial charge is 0.311 e. The van der Waals surface area contributed by atoms with Gasteiger partial charge in [-0.2, -0.15) is 0 Å². The molecule has 0 bridgehead atoms. The van der Waals surface area contributed by atoms with Crippen LogP contribution in [-0.2, 0) is 25.8 Å². The predicted octanol–water partition coefficient (Wildman–Crippen LogP) is 3.30. The van der Waals surface area contributed by atoms with E-state index in [1.807, 2.05) is 0 Å². The van der Waals surface area contributed by atoms with Crippen LogP contribution >= 0.6 is 0 Å². The van der Waals surface area contributed by atoms with E-state index < -0.39 is 0 Å². The van der Waals surface area contributed by atoms with Crippen molar-refractivity contribution in [1.29, 1.82) is 0 Å². The third-order valence-corrected chi connectivity index (χ3v) is 4.13. The molecular formula is C18H23N3. The van der Waals surface area contributed by atoms with E-state index in [9.17, 15) is 0 Å². The molecule has 0 unspecified atom stereocenters. The molecule has 0 saturated carbocycles. The van der Waals surface area contributed by atoms with E-state index in [0.29, 0.717) is 0 Å². The Morgan fingerprint density at radius 1 is 1.10 bits per heavy atom. The number of aromatic nitrogens is 2. The average Bonchev–Trinajstić information content (AvgIpc) is 2.55. The van der Waals surface area contributed by atoms with Crippen molar-refractivity contribution >= 4 is 0 Å². The predicted molar refractivity (Wildman–Crippen MR) is 86.3 cm³/mol. The summed E-state index contributed by atoms with van der Waals surface area (Å²) in [7, 11) is 0.